The molecule has 290 valence electrons. The Morgan fingerprint density at radius 1 is 0.459 bits per heavy atom. The largest absolute Gasteiger partial charge is 0.310 e. The van der Waals surface area contributed by atoms with E-state index in [1.807, 2.05) is 0 Å². The van der Waals surface area contributed by atoms with Gasteiger partial charge in [-0.2, -0.15) is 0 Å². The second-order valence-electron chi connectivity index (χ2n) is 17.2. The highest BCUT2D eigenvalue weighted by atomic mass is 15.1. The second kappa shape index (κ2) is 13.8. The van der Waals surface area contributed by atoms with Crippen LogP contribution < -0.4 is 15.3 Å². The molecule has 0 saturated heterocycles. The third kappa shape index (κ3) is 5.63. The van der Waals surface area contributed by atoms with E-state index in [-0.39, 0.29) is 5.41 Å². The number of hydrogen-bond donors (Lipinski definition) is 0. The lowest BCUT2D eigenvalue weighted by Crippen LogP contribution is -2.29. The molecule has 0 fully saturated rings. The van der Waals surface area contributed by atoms with Gasteiger partial charge in [-0.3, -0.25) is 0 Å². The lowest BCUT2D eigenvalue weighted by molar-refractivity contribution is 0.660. The molecule has 0 atom stereocenters. The molecule has 9 aromatic carbocycles. The molecule has 61 heavy (non-hydrogen) atoms. The zero-order valence-corrected chi connectivity index (χ0v) is 34.4. The van der Waals surface area contributed by atoms with E-state index in [9.17, 15) is 0 Å². The van der Waals surface area contributed by atoms with Crippen LogP contribution >= 0.6 is 0 Å². The zero-order chi connectivity index (χ0) is 40.7. The summed E-state index contributed by atoms with van der Waals surface area (Å²) < 4.78 is 2.44. The number of aromatic nitrogens is 1. The van der Waals surface area contributed by atoms with Crippen molar-refractivity contribution < 1.29 is 0 Å². The number of para-hydroxylation sites is 2. The Balaban J connectivity index is 1.02. The van der Waals surface area contributed by atoms with Crippen molar-refractivity contribution in [1.82, 2.24) is 4.57 Å². The smallest absolute Gasteiger partial charge is 0.0541 e. The highest BCUT2D eigenvalue weighted by Crippen LogP contribution is 2.52. The summed E-state index contributed by atoms with van der Waals surface area (Å²) >= 11 is 0. The summed E-state index contributed by atoms with van der Waals surface area (Å²) in [5, 5.41) is 7.74. The van der Waals surface area contributed by atoms with Crippen LogP contribution in [0.15, 0.2) is 200 Å². The number of hydrogen-bond acceptors (Lipinski definition) is 1. The number of fused-ring (bicyclic) bond motifs is 8. The van der Waals surface area contributed by atoms with Gasteiger partial charge in [-0.25, -0.2) is 0 Å². The van der Waals surface area contributed by atoms with Crippen LogP contribution in [0.1, 0.15) is 43.4 Å². The van der Waals surface area contributed by atoms with Gasteiger partial charge < -0.3 is 9.47 Å². The van der Waals surface area contributed by atoms with Crippen molar-refractivity contribution in [2.24, 2.45) is 0 Å². The maximum Gasteiger partial charge on any atom is 0.0541 e. The van der Waals surface area contributed by atoms with Gasteiger partial charge >= 0.3 is 0 Å². The summed E-state index contributed by atoms with van der Waals surface area (Å²) in [6.45, 7) is 4.80. The molecule has 12 rings (SSSR count). The summed E-state index contributed by atoms with van der Waals surface area (Å²) in [5.41, 5.74) is 17.3. The van der Waals surface area contributed by atoms with Crippen LogP contribution in [0, 0.1) is 0 Å². The van der Waals surface area contributed by atoms with Crippen molar-refractivity contribution in [2.45, 2.75) is 32.1 Å². The Kier molecular flexibility index (Phi) is 8.05. The molecular formula is C59H44N2. The fourth-order valence-corrected chi connectivity index (χ4v) is 10.5. The van der Waals surface area contributed by atoms with Crippen LogP contribution in [0.3, 0.4) is 0 Å². The number of rotatable bonds is 6. The van der Waals surface area contributed by atoms with Crippen molar-refractivity contribution in [3.8, 4) is 27.9 Å². The quantitative estimate of drug-likeness (QED) is 0.163. The van der Waals surface area contributed by atoms with E-state index in [1.165, 1.54) is 93.2 Å². The van der Waals surface area contributed by atoms with Crippen LogP contribution in [0.2, 0.25) is 0 Å². The molecule has 0 spiro atoms. The van der Waals surface area contributed by atoms with Gasteiger partial charge in [-0.1, -0.05) is 159 Å². The standard InChI is InChI=1S/C59H44N2/c1-59(2)55-37-45(31-33-51(55)52-34-32-46(38-56(52)59)61-57-29-9-7-25-53(57)54-26-8-10-30-58(54)61)60(43-21-11-19-41(35-43)49-27-13-17-39-15-3-5-23-47(39)49)44-22-12-20-42(36-44)50-28-14-18-40-16-4-6-24-48(40)50/h3-13,15-27,29-38H,14,28H2,1-2H3. The average Bonchev–Trinajstić information content (AvgIpc) is 3.76. The van der Waals surface area contributed by atoms with Crippen molar-refractivity contribution >= 4 is 61.3 Å². The highest BCUT2D eigenvalue weighted by Gasteiger charge is 2.36. The van der Waals surface area contributed by atoms with Gasteiger partial charge in [0.25, 0.3) is 0 Å². The minimum Gasteiger partial charge on any atom is -0.310 e. The third-order valence-electron chi connectivity index (χ3n) is 13.4. The van der Waals surface area contributed by atoms with Crippen LogP contribution in [0.25, 0.3) is 72.2 Å². The van der Waals surface area contributed by atoms with E-state index in [0.29, 0.717) is 0 Å². The van der Waals surface area contributed by atoms with Crippen LogP contribution in [0.5, 0.6) is 0 Å². The molecule has 1 heterocycles. The van der Waals surface area contributed by atoms with E-state index in [2.05, 4.69) is 230 Å². The third-order valence-corrected chi connectivity index (χ3v) is 13.4. The monoisotopic (exact) mass is 780 g/mol. The molecule has 2 heteroatoms. The zero-order valence-electron chi connectivity index (χ0n) is 34.4. The Hall–Kier alpha value is -7.42. The highest BCUT2D eigenvalue weighted by molar-refractivity contribution is 6.09. The Morgan fingerprint density at radius 3 is 1.84 bits per heavy atom. The average molecular weight is 781 g/mol. The fraction of sp³-hybridized carbons (Fsp3) is 0.0847. The Bertz CT molecular complexity index is 3470. The molecule has 0 amide bonds. The first kappa shape index (κ1) is 35.5. The van der Waals surface area contributed by atoms with Gasteiger partial charge in [0.15, 0.2) is 0 Å². The molecule has 10 aromatic rings. The number of anilines is 3. The first-order valence-corrected chi connectivity index (χ1v) is 21.6. The predicted molar refractivity (Wildman–Crippen MR) is 258 cm³/mol. The first-order valence-electron chi connectivity index (χ1n) is 21.6. The van der Waals surface area contributed by atoms with Crippen molar-refractivity contribution in [3.63, 3.8) is 0 Å². The van der Waals surface area contributed by atoms with E-state index in [1.54, 1.807) is 0 Å². The summed E-state index contributed by atoms with van der Waals surface area (Å²) in [5.74, 6) is 0. The van der Waals surface area contributed by atoms with Gasteiger partial charge in [0, 0.05) is 38.9 Å². The lowest BCUT2D eigenvalue weighted by atomic mass is 9.82. The second-order valence-corrected chi connectivity index (χ2v) is 17.2. The molecule has 0 unspecified atom stereocenters. The van der Waals surface area contributed by atoms with Gasteiger partial charge in [-0.05, 0) is 139 Å². The van der Waals surface area contributed by atoms with E-state index in [4.69, 9.17) is 0 Å². The van der Waals surface area contributed by atoms with Crippen molar-refractivity contribution in [3.05, 3.63) is 227 Å². The normalized spacial score (nSPS) is 13.8. The van der Waals surface area contributed by atoms with E-state index in [0.717, 1.165) is 29.9 Å². The van der Waals surface area contributed by atoms with Crippen LogP contribution in [-0.2, 0) is 5.41 Å². The minimum absolute atomic E-state index is 0.230. The molecular weight excluding hydrogens is 737 g/mol. The minimum atomic E-state index is -0.230. The summed E-state index contributed by atoms with van der Waals surface area (Å²) in [7, 11) is 0. The summed E-state index contributed by atoms with van der Waals surface area (Å²) in [4.78, 5) is 2.47. The van der Waals surface area contributed by atoms with Crippen molar-refractivity contribution in [2.75, 3.05) is 4.90 Å². The number of nitrogens with zero attached hydrogens (tertiary/aromatic N) is 2. The molecule has 1 aromatic heterocycles. The van der Waals surface area contributed by atoms with Gasteiger partial charge in [0.1, 0.15) is 0 Å². The fourth-order valence-electron chi connectivity index (χ4n) is 10.5. The predicted octanol–water partition coefficient (Wildman–Crippen LogP) is 14.2. The van der Waals surface area contributed by atoms with Crippen LogP contribution in [-0.4, -0.2) is 4.57 Å². The molecule has 0 radical (unpaired) electrons. The summed E-state index contributed by atoms with van der Waals surface area (Å²) in [6.07, 6.45) is 4.45. The van der Waals surface area contributed by atoms with E-state index < -0.39 is 0 Å². The Labute approximate surface area is 356 Å². The van der Waals surface area contributed by atoms with Crippen LogP contribution in [0.4, 0.5) is 17.1 Å². The van der Waals surface area contributed by atoms with Gasteiger partial charge in [-0.15, -0.1) is 0 Å². The van der Waals surface area contributed by atoms with Crippen molar-refractivity contribution in [1.29, 1.82) is 0 Å². The molecule has 2 aliphatic rings. The topological polar surface area (TPSA) is 8.17 Å². The summed E-state index contributed by atoms with van der Waals surface area (Å²) in [6, 6.07) is 74.4. The van der Waals surface area contributed by atoms with Gasteiger partial charge in [0.05, 0.1) is 11.0 Å². The van der Waals surface area contributed by atoms with Gasteiger partial charge in [0.2, 0.25) is 0 Å². The van der Waals surface area contributed by atoms with E-state index >= 15 is 0 Å². The molecule has 0 saturated carbocycles. The Morgan fingerprint density at radius 2 is 1.05 bits per heavy atom. The first-order chi connectivity index (χ1) is 30.0. The number of benzene rings is 9. The molecule has 0 aliphatic heterocycles. The molecule has 0 N–H and O–H groups in total. The maximum atomic E-state index is 2.47. The molecule has 0 bridgehead atoms. The maximum absolute atomic E-state index is 2.47. The molecule has 2 nitrogen and oxygen atoms in total. The lowest BCUT2D eigenvalue weighted by Gasteiger charge is -2.29. The molecule has 2 aliphatic carbocycles. The SMILES string of the molecule is CC1(C)c2cc(N(c3cccc(C4=c5ccccc5=CCC4)c3)c3cccc(-c4cccc5ccccc45)c3)ccc2-c2ccc(-n3c4ccccc4c4ccccc43)cc21.